The molecule has 1 aromatic rings. The molecule has 0 bridgehead atoms. The van der Waals surface area contributed by atoms with Crippen molar-refractivity contribution < 1.29 is 18.0 Å². The van der Waals surface area contributed by atoms with Crippen molar-refractivity contribution in [2.45, 2.75) is 17.6 Å². The molecule has 0 fully saturated rings. The van der Waals surface area contributed by atoms with Crippen molar-refractivity contribution in [3.05, 3.63) is 29.3 Å². The van der Waals surface area contributed by atoms with Gasteiger partial charge in [0.25, 0.3) is 0 Å². The van der Waals surface area contributed by atoms with Gasteiger partial charge in [0.15, 0.2) is 0 Å². The zero-order chi connectivity index (χ0) is 12.5. The third kappa shape index (κ3) is 3.32. The van der Waals surface area contributed by atoms with E-state index in [1.165, 1.54) is 17.8 Å². The zero-order valence-corrected chi connectivity index (χ0v) is 10.9. The van der Waals surface area contributed by atoms with Crippen LogP contribution >= 0.6 is 24.2 Å². The third-order valence-corrected chi connectivity index (χ3v) is 3.63. The van der Waals surface area contributed by atoms with Gasteiger partial charge in [-0.05, 0) is 17.7 Å². The lowest BCUT2D eigenvalue weighted by Crippen LogP contribution is -2.22. The molecular formula is C11H11ClF3NOS. The number of rotatable bonds is 1. The highest BCUT2D eigenvalue weighted by Crippen LogP contribution is 2.35. The molecule has 0 aromatic heterocycles. The first-order valence-electron chi connectivity index (χ1n) is 5.03. The first kappa shape index (κ1) is 15.2. The fraction of sp³-hybridized carbons (Fsp3) is 0.364. The lowest BCUT2D eigenvalue weighted by atomic mass is 10.1. The van der Waals surface area contributed by atoms with Gasteiger partial charge in [0, 0.05) is 23.7 Å². The summed E-state index contributed by atoms with van der Waals surface area (Å²) in [4.78, 5) is 12.9. The fourth-order valence-corrected chi connectivity index (χ4v) is 2.73. The number of nitrogens with zero attached hydrogens (tertiary/aromatic N) is 1. The van der Waals surface area contributed by atoms with E-state index in [-0.39, 0.29) is 12.4 Å². The van der Waals surface area contributed by atoms with Crippen LogP contribution in [0.15, 0.2) is 23.1 Å². The van der Waals surface area contributed by atoms with Gasteiger partial charge in [0.2, 0.25) is 6.41 Å². The molecule has 1 aromatic carbocycles. The number of amides is 1. The van der Waals surface area contributed by atoms with Crippen molar-refractivity contribution in [3.63, 3.8) is 0 Å². The first-order chi connectivity index (χ1) is 8.00. The van der Waals surface area contributed by atoms with E-state index in [2.05, 4.69) is 0 Å². The van der Waals surface area contributed by atoms with E-state index in [9.17, 15) is 18.0 Å². The Morgan fingerprint density at radius 1 is 1.33 bits per heavy atom. The van der Waals surface area contributed by atoms with Crippen molar-refractivity contribution in [3.8, 4) is 0 Å². The SMILES string of the molecule is Cl.O=CN1CCSc2cc(C(F)(F)F)ccc2C1. The maximum Gasteiger partial charge on any atom is 0.416 e. The van der Waals surface area contributed by atoms with Crippen LogP contribution in [-0.2, 0) is 17.5 Å². The standard InChI is InChI=1S/C11H10F3NOS.ClH/c12-11(13,14)9-2-1-8-6-15(7-16)3-4-17-10(8)5-9;/h1-2,5,7H,3-4,6H2;1H. The van der Waals surface area contributed by atoms with E-state index in [1.807, 2.05) is 0 Å². The Hall–Kier alpha value is -0.880. The van der Waals surface area contributed by atoms with Gasteiger partial charge in [-0.3, -0.25) is 4.79 Å². The molecule has 0 radical (unpaired) electrons. The lowest BCUT2D eigenvalue weighted by molar-refractivity contribution is -0.137. The highest BCUT2D eigenvalue weighted by atomic mass is 35.5. The molecule has 2 rings (SSSR count). The van der Waals surface area contributed by atoms with E-state index in [1.54, 1.807) is 4.90 Å². The predicted molar refractivity (Wildman–Crippen MR) is 65.9 cm³/mol. The Kier molecular flexibility index (Phi) is 4.92. The molecule has 0 atom stereocenters. The van der Waals surface area contributed by atoms with Crippen LogP contribution in [-0.4, -0.2) is 23.6 Å². The summed E-state index contributed by atoms with van der Waals surface area (Å²) in [7, 11) is 0. The average molecular weight is 298 g/mol. The van der Waals surface area contributed by atoms with Crippen LogP contribution in [0, 0.1) is 0 Å². The minimum Gasteiger partial charge on any atom is -0.340 e. The Morgan fingerprint density at radius 3 is 2.67 bits per heavy atom. The second-order valence-electron chi connectivity index (χ2n) is 3.74. The molecule has 0 saturated carbocycles. The minimum absolute atomic E-state index is 0. The molecule has 0 spiro atoms. The highest BCUT2D eigenvalue weighted by Gasteiger charge is 2.31. The molecular weight excluding hydrogens is 287 g/mol. The number of hydrogen-bond acceptors (Lipinski definition) is 2. The molecule has 7 heteroatoms. The molecule has 0 N–H and O–H groups in total. The van der Waals surface area contributed by atoms with E-state index in [4.69, 9.17) is 0 Å². The topological polar surface area (TPSA) is 20.3 Å². The largest absolute Gasteiger partial charge is 0.416 e. The van der Waals surface area contributed by atoms with Gasteiger partial charge in [-0.1, -0.05) is 6.07 Å². The molecule has 1 heterocycles. The second kappa shape index (κ2) is 5.84. The first-order valence-corrected chi connectivity index (χ1v) is 6.01. The third-order valence-electron chi connectivity index (χ3n) is 2.55. The van der Waals surface area contributed by atoms with Gasteiger partial charge in [0.05, 0.1) is 5.56 Å². The van der Waals surface area contributed by atoms with Crippen LogP contribution < -0.4 is 0 Å². The number of alkyl halides is 3. The van der Waals surface area contributed by atoms with Crippen LogP contribution in [0.25, 0.3) is 0 Å². The van der Waals surface area contributed by atoms with Gasteiger partial charge in [0.1, 0.15) is 0 Å². The molecule has 18 heavy (non-hydrogen) atoms. The normalized spacial score (nSPS) is 15.4. The van der Waals surface area contributed by atoms with E-state index >= 15 is 0 Å². The Labute approximate surface area is 113 Å². The van der Waals surface area contributed by atoms with Crippen LogP contribution in [0.5, 0.6) is 0 Å². The van der Waals surface area contributed by atoms with E-state index in [0.717, 1.165) is 24.1 Å². The molecule has 2 nitrogen and oxygen atoms in total. The Morgan fingerprint density at radius 2 is 2.06 bits per heavy atom. The van der Waals surface area contributed by atoms with Crippen molar-refractivity contribution in [1.29, 1.82) is 0 Å². The van der Waals surface area contributed by atoms with Crippen molar-refractivity contribution in [1.82, 2.24) is 4.90 Å². The van der Waals surface area contributed by atoms with E-state index in [0.29, 0.717) is 23.7 Å². The second-order valence-corrected chi connectivity index (χ2v) is 4.88. The van der Waals surface area contributed by atoms with Crippen LogP contribution in [0.1, 0.15) is 11.1 Å². The Bertz CT molecular complexity index is 439. The van der Waals surface area contributed by atoms with E-state index < -0.39 is 11.7 Å². The minimum atomic E-state index is -4.31. The number of thioether (sulfide) groups is 1. The monoisotopic (exact) mass is 297 g/mol. The maximum atomic E-state index is 12.5. The predicted octanol–water partition coefficient (Wildman–Crippen LogP) is 3.19. The van der Waals surface area contributed by atoms with Crippen LogP contribution in [0.4, 0.5) is 13.2 Å². The summed E-state index contributed by atoms with van der Waals surface area (Å²) >= 11 is 1.36. The highest BCUT2D eigenvalue weighted by molar-refractivity contribution is 7.99. The van der Waals surface area contributed by atoms with Gasteiger partial charge in [-0.15, -0.1) is 24.2 Å². The van der Waals surface area contributed by atoms with Crippen LogP contribution in [0.2, 0.25) is 0 Å². The molecule has 1 aliphatic rings. The lowest BCUT2D eigenvalue weighted by Gasteiger charge is -2.14. The van der Waals surface area contributed by atoms with Crippen molar-refractivity contribution in [2.24, 2.45) is 0 Å². The summed E-state index contributed by atoms with van der Waals surface area (Å²) in [5.74, 6) is 0.618. The number of carbonyl (C=O) groups is 1. The summed E-state index contributed by atoms with van der Waals surface area (Å²) in [6.45, 7) is 0.939. The van der Waals surface area contributed by atoms with Crippen molar-refractivity contribution >= 4 is 30.6 Å². The van der Waals surface area contributed by atoms with Gasteiger partial charge >= 0.3 is 6.18 Å². The molecule has 0 aliphatic carbocycles. The number of benzene rings is 1. The molecule has 0 unspecified atom stereocenters. The van der Waals surface area contributed by atoms with Gasteiger partial charge < -0.3 is 4.90 Å². The molecule has 1 aliphatic heterocycles. The van der Waals surface area contributed by atoms with Gasteiger partial charge in [-0.25, -0.2) is 0 Å². The van der Waals surface area contributed by atoms with Crippen molar-refractivity contribution in [2.75, 3.05) is 12.3 Å². The molecule has 1 amide bonds. The fourth-order valence-electron chi connectivity index (χ4n) is 1.66. The van der Waals surface area contributed by atoms with Crippen LogP contribution in [0.3, 0.4) is 0 Å². The van der Waals surface area contributed by atoms with Gasteiger partial charge in [-0.2, -0.15) is 13.2 Å². The summed E-state index contributed by atoms with van der Waals surface area (Å²) in [5, 5.41) is 0. The number of hydrogen-bond donors (Lipinski definition) is 0. The molecule has 100 valence electrons. The Balaban J connectivity index is 0.00000162. The summed E-state index contributed by atoms with van der Waals surface area (Å²) in [6, 6.07) is 3.68. The zero-order valence-electron chi connectivity index (χ0n) is 9.24. The summed E-state index contributed by atoms with van der Waals surface area (Å²) in [6.07, 6.45) is -3.58. The smallest absolute Gasteiger partial charge is 0.340 e. The average Bonchev–Trinajstić information content (AvgIpc) is 2.48. The maximum absolute atomic E-state index is 12.5. The number of fused-ring (bicyclic) bond motifs is 1. The summed E-state index contributed by atoms with van der Waals surface area (Å²) < 4.78 is 37.6. The summed E-state index contributed by atoms with van der Waals surface area (Å²) in [5.41, 5.74) is 0.135. The number of halogens is 4. The molecule has 0 saturated heterocycles. The quantitative estimate of drug-likeness (QED) is 0.742. The number of carbonyl (C=O) groups excluding carboxylic acids is 1.